The van der Waals surface area contributed by atoms with E-state index in [-0.39, 0.29) is 10.9 Å². The highest BCUT2D eigenvalue weighted by atomic mass is 35.5. The SMILES string of the molecule is O=C(CSc1nnnn1-c1cccc(Cl)c1)NCC(F)(F)F. The fourth-order valence-electron chi connectivity index (χ4n) is 1.42. The first-order valence-electron chi connectivity index (χ1n) is 5.86. The largest absolute Gasteiger partial charge is 0.405 e. The molecule has 0 radical (unpaired) electrons. The first-order chi connectivity index (χ1) is 10.3. The summed E-state index contributed by atoms with van der Waals surface area (Å²) in [4.78, 5) is 11.4. The summed E-state index contributed by atoms with van der Waals surface area (Å²) in [6, 6.07) is 6.69. The standard InChI is InChI=1S/C11H9ClF3N5OS/c12-7-2-1-3-8(4-7)20-10(17-18-19-20)22-5-9(21)16-6-11(13,14)15/h1-4H,5-6H2,(H,16,21). The lowest BCUT2D eigenvalue weighted by Gasteiger charge is -2.08. The lowest BCUT2D eigenvalue weighted by Crippen LogP contribution is -2.34. The van der Waals surface area contributed by atoms with E-state index in [1.54, 1.807) is 29.6 Å². The quantitative estimate of drug-likeness (QED) is 0.835. The maximum absolute atomic E-state index is 12.0. The van der Waals surface area contributed by atoms with Crippen LogP contribution in [0.15, 0.2) is 29.4 Å². The highest BCUT2D eigenvalue weighted by Gasteiger charge is 2.27. The summed E-state index contributed by atoms with van der Waals surface area (Å²) in [5, 5.41) is 13.5. The van der Waals surface area contributed by atoms with E-state index in [2.05, 4.69) is 15.5 Å². The molecule has 1 aromatic carbocycles. The molecule has 0 unspecified atom stereocenters. The van der Waals surface area contributed by atoms with Crippen LogP contribution >= 0.6 is 23.4 Å². The van der Waals surface area contributed by atoms with Gasteiger partial charge < -0.3 is 5.32 Å². The molecule has 1 amide bonds. The molecule has 22 heavy (non-hydrogen) atoms. The lowest BCUT2D eigenvalue weighted by molar-refractivity contribution is -0.136. The normalized spacial score (nSPS) is 11.5. The number of tetrazole rings is 1. The molecule has 1 heterocycles. The zero-order valence-electron chi connectivity index (χ0n) is 10.8. The highest BCUT2D eigenvalue weighted by molar-refractivity contribution is 7.99. The lowest BCUT2D eigenvalue weighted by atomic mass is 10.3. The van der Waals surface area contributed by atoms with E-state index in [0.29, 0.717) is 10.7 Å². The number of halogens is 4. The number of carbonyl (C=O) groups is 1. The first kappa shape index (κ1) is 16.6. The second-order valence-electron chi connectivity index (χ2n) is 4.03. The molecule has 0 spiro atoms. The molecule has 0 aliphatic heterocycles. The topological polar surface area (TPSA) is 72.7 Å². The van der Waals surface area contributed by atoms with Gasteiger partial charge >= 0.3 is 6.18 Å². The van der Waals surface area contributed by atoms with Crippen molar-refractivity contribution in [3.8, 4) is 5.69 Å². The number of hydrogen-bond donors (Lipinski definition) is 1. The summed E-state index contributed by atoms with van der Waals surface area (Å²) in [5.41, 5.74) is 0.579. The molecule has 11 heteroatoms. The van der Waals surface area contributed by atoms with Crippen molar-refractivity contribution < 1.29 is 18.0 Å². The number of carbonyl (C=O) groups excluding carboxylic acids is 1. The average molecular weight is 352 g/mol. The number of amides is 1. The Morgan fingerprint density at radius 3 is 2.86 bits per heavy atom. The van der Waals surface area contributed by atoms with Crippen LogP contribution in [0.4, 0.5) is 13.2 Å². The number of alkyl halides is 3. The van der Waals surface area contributed by atoms with Crippen molar-refractivity contribution >= 4 is 29.3 Å². The maximum atomic E-state index is 12.0. The smallest absolute Gasteiger partial charge is 0.346 e. The van der Waals surface area contributed by atoms with Gasteiger partial charge in [-0.1, -0.05) is 29.4 Å². The van der Waals surface area contributed by atoms with E-state index in [1.165, 1.54) is 4.68 Å². The Balaban J connectivity index is 1.98. The third-order valence-corrected chi connectivity index (χ3v) is 3.47. The van der Waals surface area contributed by atoms with E-state index in [4.69, 9.17) is 11.6 Å². The van der Waals surface area contributed by atoms with E-state index < -0.39 is 18.6 Å². The van der Waals surface area contributed by atoms with Gasteiger partial charge in [-0.05, 0) is 28.6 Å². The Labute approximate surface area is 132 Å². The van der Waals surface area contributed by atoms with Crippen molar-refractivity contribution in [1.29, 1.82) is 0 Å². The molecule has 0 saturated heterocycles. The number of nitrogens with zero attached hydrogens (tertiary/aromatic N) is 4. The van der Waals surface area contributed by atoms with E-state index in [0.717, 1.165) is 11.8 Å². The maximum Gasteiger partial charge on any atom is 0.405 e. The van der Waals surface area contributed by atoms with Gasteiger partial charge in [0.05, 0.1) is 11.4 Å². The molecule has 0 aliphatic carbocycles. The number of aromatic nitrogens is 4. The van der Waals surface area contributed by atoms with Gasteiger partial charge in [-0.3, -0.25) is 4.79 Å². The number of thioether (sulfide) groups is 1. The van der Waals surface area contributed by atoms with Gasteiger partial charge in [-0.15, -0.1) is 5.10 Å². The van der Waals surface area contributed by atoms with Crippen molar-refractivity contribution in [2.24, 2.45) is 0 Å². The van der Waals surface area contributed by atoms with Gasteiger partial charge in [0.25, 0.3) is 0 Å². The number of hydrogen-bond acceptors (Lipinski definition) is 5. The van der Waals surface area contributed by atoms with Crippen LogP contribution in [0.3, 0.4) is 0 Å². The monoisotopic (exact) mass is 351 g/mol. The Kier molecular flexibility index (Phi) is 5.24. The minimum Gasteiger partial charge on any atom is -0.346 e. The van der Waals surface area contributed by atoms with Crippen molar-refractivity contribution in [2.45, 2.75) is 11.3 Å². The summed E-state index contributed by atoms with van der Waals surface area (Å²) < 4.78 is 37.3. The zero-order valence-corrected chi connectivity index (χ0v) is 12.4. The molecule has 0 aliphatic rings. The van der Waals surface area contributed by atoms with Crippen LogP contribution in [-0.2, 0) is 4.79 Å². The van der Waals surface area contributed by atoms with Crippen LogP contribution in [0.25, 0.3) is 5.69 Å². The van der Waals surface area contributed by atoms with Gasteiger partial charge in [0.1, 0.15) is 6.54 Å². The van der Waals surface area contributed by atoms with E-state index >= 15 is 0 Å². The third-order valence-electron chi connectivity index (χ3n) is 2.31. The third kappa shape index (κ3) is 4.88. The Morgan fingerprint density at radius 1 is 1.41 bits per heavy atom. The number of nitrogens with one attached hydrogen (secondary N) is 1. The second-order valence-corrected chi connectivity index (χ2v) is 5.41. The Hall–Kier alpha value is -1.81. The molecule has 0 bridgehead atoms. The van der Waals surface area contributed by atoms with Crippen molar-refractivity contribution in [3.63, 3.8) is 0 Å². The van der Waals surface area contributed by atoms with Crippen molar-refractivity contribution in [2.75, 3.05) is 12.3 Å². The molecule has 0 atom stereocenters. The van der Waals surface area contributed by atoms with Crippen LogP contribution in [0.5, 0.6) is 0 Å². The molecule has 0 fully saturated rings. The Bertz CT molecular complexity index is 663. The molecule has 1 aromatic heterocycles. The van der Waals surface area contributed by atoms with E-state index in [9.17, 15) is 18.0 Å². The summed E-state index contributed by atoms with van der Waals surface area (Å²) in [6.45, 7) is -1.37. The van der Waals surface area contributed by atoms with E-state index in [1.807, 2.05) is 0 Å². The second kappa shape index (κ2) is 6.97. The number of rotatable bonds is 5. The Morgan fingerprint density at radius 2 is 2.18 bits per heavy atom. The molecule has 2 rings (SSSR count). The summed E-state index contributed by atoms with van der Waals surface area (Å²) in [6.07, 6.45) is -4.44. The molecule has 2 aromatic rings. The number of benzene rings is 1. The van der Waals surface area contributed by atoms with Crippen LogP contribution in [-0.4, -0.2) is 44.6 Å². The molecular formula is C11H9ClF3N5OS. The van der Waals surface area contributed by atoms with Crippen LogP contribution < -0.4 is 5.32 Å². The van der Waals surface area contributed by atoms with Crippen LogP contribution in [0.1, 0.15) is 0 Å². The van der Waals surface area contributed by atoms with Gasteiger partial charge in [0, 0.05) is 5.02 Å². The van der Waals surface area contributed by atoms with Gasteiger partial charge in [-0.2, -0.15) is 17.9 Å². The first-order valence-corrected chi connectivity index (χ1v) is 7.22. The summed E-state index contributed by atoms with van der Waals surface area (Å²) in [7, 11) is 0. The molecule has 6 nitrogen and oxygen atoms in total. The van der Waals surface area contributed by atoms with Crippen molar-refractivity contribution in [1.82, 2.24) is 25.5 Å². The molecule has 1 N–H and O–H groups in total. The predicted molar refractivity (Wildman–Crippen MR) is 74.0 cm³/mol. The van der Waals surface area contributed by atoms with Crippen molar-refractivity contribution in [3.05, 3.63) is 29.3 Å². The molecule has 0 saturated carbocycles. The summed E-state index contributed by atoms with van der Waals surface area (Å²) in [5.74, 6) is -1.00. The minimum atomic E-state index is -4.44. The van der Waals surface area contributed by atoms with Crippen LogP contribution in [0, 0.1) is 0 Å². The molecule has 118 valence electrons. The van der Waals surface area contributed by atoms with Gasteiger partial charge in [0.15, 0.2) is 0 Å². The fraction of sp³-hybridized carbons (Fsp3) is 0.273. The van der Waals surface area contributed by atoms with Crippen LogP contribution in [0.2, 0.25) is 5.02 Å². The minimum absolute atomic E-state index is 0.239. The highest BCUT2D eigenvalue weighted by Crippen LogP contribution is 2.20. The summed E-state index contributed by atoms with van der Waals surface area (Å²) >= 11 is 6.78. The average Bonchev–Trinajstić information content (AvgIpc) is 2.90. The molecular weight excluding hydrogens is 343 g/mol. The fourth-order valence-corrected chi connectivity index (χ4v) is 2.32. The van der Waals surface area contributed by atoms with Gasteiger partial charge in [0.2, 0.25) is 11.1 Å². The van der Waals surface area contributed by atoms with Gasteiger partial charge in [-0.25, -0.2) is 0 Å². The predicted octanol–water partition coefficient (Wildman–Crippen LogP) is 2.09. The zero-order chi connectivity index (χ0) is 16.2.